The van der Waals surface area contributed by atoms with E-state index in [0.717, 1.165) is 29.5 Å². The lowest BCUT2D eigenvalue weighted by molar-refractivity contribution is 0.252. The van der Waals surface area contributed by atoms with Gasteiger partial charge in [0, 0.05) is 12.6 Å². The maximum atomic E-state index is 13.7. The first-order valence-corrected chi connectivity index (χ1v) is 8.44. The average Bonchev–Trinajstić information content (AvgIpc) is 2.42. The molecule has 118 valence electrons. The number of rotatable bonds is 5. The van der Waals surface area contributed by atoms with Crippen molar-refractivity contribution in [3.05, 3.63) is 34.6 Å². The highest BCUT2D eigenvalue weighted by Gasteiger charge is 2.22. The lowest BCUT2D eigenvalue weighted by Crippen LogP contribution is -2.34. The fraction of sp³-hybridized carbons (Fsp3) is 0.684. The van der Waals surface area contributed by atoms with Gasteiger partial charge in [-0.2, -0.15) is 0 Å². The van der Waals surface area contributed by atoms with E-state index in [-0.39, 0.29) is 5.82 Å². The van der Waals surface area contributed by atoms with Gasteiger partial charge in [-0.05, 0) is 61.6 Å². The van der Waals surface area contributed by atoms with Crippen LogP contribution >= 0.6 is 0 Å². The van der Waals surface area contributed by atoms with Gasteiger partial charge in [-0.25, -0.2) is 4.39 Å². The van der Waals surface area contributed by atoms with E-state index in [1.165, 1.54) is 37.7 Å². The quantitative estimate of drug-likeness (QED) is 0.792. The first kappa shape index (κ1) is 16.5. The van der Waals surface area contributed by atoms with Crippen LogP contribution in [-0.4, -0.2) is 6.04 Å². The van der Waals surface area contributed by atoms with Gasteiger partial charge in [0.2, 0.25) is 0 Å². The molecule has 0 aromatic heterocycles. The molecule has 1 aliphatic carbocycles. The summed E-state index contributed by atoms with van der Waals surface area (Å²) in [6.45, 7) is 9.21. The normalized spacial score (nSPS) is 22.8. The minimum Gasteiger partial charge on any atom is -0.310 e. The predicted molar refractivity (Wildman–Crippen MR) is 87.9 cm³/mol. The molecule has 2 rings (SSSR count). The van der Waals surface area contributed by atoms with E-state index in [0.29, 0.717) is 6.04 Å². The molecule has 0 spiro atoms. The largest absolute Gasteiger partial charge is 0.310 e. The molecule has 1 saturated carbocycles. The molecule has 0 heterocycles. The maximum Gasteiger partial charge on any atom is 0.129 e. The van der Waals surface area contributed by atoms with Crippen molar-refractivity contribution in [3.63, 3.8) is 0 Å². The van der Waals surface area contributed by atoms with Crippen LogP contribution < -0.4 is 5.32 Å². The molecule has 1 fully saturated rings. The lowest BCUT2D eigenvalue weighted by atomic mass is 9.81. The molecular weight excluding hydrogens is 261 g/mol. The van der Waals surface area contributed by atoms with Crippen LogP contribution in [0.2, 0.25) is 0 Å². The zero-order valence-corrected chi connectivity index (χ0v) is 14.0. The molecule has 0 amide bonds. The second-order valence-electron chi connectivity index (χ2n) is 7.28. The summed E-state index contributed by atoms with van der Waals surface area (Å²) in [6.07, 6.45) is 6.68. The lowest BCUT2D eigenvalue weighted by Gasteiger charge is -2.31. The Morgan fingerprint density at radius 3 is 2.48 bits per heavy atom. The highest BCUT2D eigenvalue weighted by Crippen LogP contribution is 2.29. The van der Waals surface area contributed by atoms with E-state index in [9.17, 15) is 4.39 Å². The Morgan fingerprint density at radius 1 is 1.19 bits per heavy atom. The van der Waals surface area contributed by atoms with E-state index in [4.69, 9.17) is 0 Å². The number of aryl methyl sites for hydroxylation is 2. The molecule has 1 aliphatic rings. The van der Waals surface area contributed by atoms with Gasteiger partial charge >= 0.3 is 0 Å². The van der Waals surface area contributed by atoms with Gasteiger partial charge in [0.25, 0.3) is 0 Å². The van der Waals surface area contributed by atoms with E-state index in [1.54, 1.807) is 0 Å². The molecule has 2 heteroatoms. The van der Waals surface area contributed by atoms with Crippen LogP contribution in [0.25, 0.3) is 0 Å². The average molecular weight is 291 g/mol. The molecule has 1 nitrogen and oxygen atoms in total. The van der Waals surface area contributed by atoms with Crippen molar-refractivity contribution < 1.29 is 4.39 Å². The molecule has 1 N–H and O–H groups in total. The van der Waals surface area contributed by atoms with Crippen molar-refractivity contribution in [1.29, 1.82) is 0 Å². The summed E-state index contributed by atoms with van der Waals surface area (Å²) >= 11 is 0. The Hall–Kier alpha value is -0.890. The molecule has 0 aliphatic heterocycles. The zero-order valence-electron chi connectivity index (χ0n) is 14.0. The van der Waals surface area contributed by atoms with E-state index in [1.807, 2.05) is 26.0 Å². The molecular formula is C19H30FN. The Morgan fingerprint density at radius 2 is 1.86 bits per heavy atom. The van der Waals surface area contributed by atoms with Crippen molar-refractivity contribution in [1.82, 2.24) is 5.32 Å². The molecule has 0 radical (unpaired) electrons. The zero-order chi connectivity index (χ0) is 15.4. The monoisotopic (exact) mass is 291 g/mol. The number of hydrogen-bond donors (Lipinski definition) is 1. The second-order valence-corrected chi connectivity index (χ2v) is 7.28. The van der Waals surface area contributed by atoms with Crippen LogP contribution in [-0.2, 0) is 6.54 Å². The van der Waals surface area contributed by atoms with Crippen molar-refractivity contribution in [2.75, 3.05) is 0 Å². The molecule has 2 unspecified atom stereocenters. The van der Waals surface area contributed by atoms with E-state index < -0.39 is 0 Å². The van der Waals surface area contributed by atoms with Gasteiger partial charge in [0.1, 0.15) is 5.82 Å². The number of benzene rings is 1. The smallest absolute Gasteiger partial charge is 0.129 e. The summed E-state index contributed by atoms with van der Waals surface area (Å²) in [6, 6.07) is 4.58. The molecule has 1 aromatic rings. The topological polar surface area (TPSA) is 12.0 Å². The number of hydrogen-bond acceptors (Lipinski definition) is 1. The van der Waals surface area contributed by atoms with Gasteiger partial charge < -0.3 is 5.32 Å². The number of nitrogens with one attached hydrogen (secondary N) is 1. The van der Waals surface area contributed by atoms with Crippen LogP contribution in [0.15, 0.2) is 12.1 Å². The van der Waals surface area contributed by atoms with Gasteiger partial charge in [-0.3, -0.25) is 0 Å². The van der Waals surface area contributed by atoms with Crippen LogP contribution in [0.5, 0.6) is 0 Å². The fourth-order valence-corrected chi connectivity index (χ4v) is 3.76. The van der Waals surface area contributed by atoms with Gasteiger partial charge in [-0.15, -0.1) is 0 Å². The SMILES string of the molecule is Cc1cc(CNC2CCCC(CC(C)C)C2)cc(C)c1F. The van der Waals surface area contributed by atoms with Crippen molar-refractivity contribution in [2.45, 2.75) is 72.4 Å². The van der Waals surface area contributed by atoms with Gasteiger partial charge in [0.05, 0.1) is 0 Å². The van der Waals surface area contributed by atoms with Crippen molar-refractivity contribution >= 4 is 0 Å². The minimum absolute atomic E-state index is 0.0617. The highest BCUT2D eigenvalue weighted by atomic mass is 19.1. The fourth-order valence-electron chi connectivity index (χ4n) is 3.76. The second kappa shape index (κ2) is 7.40. The number of halogens is 1. The summed E-state index contributed by atoms with van der Waals surface area (Å²) in [4.78, 5) is 0. The van der Waals surface area contributed by atoms with Crippen LogP contribution in [0.1, 0.15) is 62.6 Å². The molecule has 2 atom stereocenters. The molecule has 1 aromatic carbocycles. The molecule has 0 saturated heterocycles. The Kier molecular flexibility index (Phi) is 5.80. The summed E-state index contributed by atoms with van der Waals surface area (Å²) in [5.74, 6) is 1.62. The van der Waals surface area contributed by atoms with Gasteiger partial charge in [-0.1, -0.05) is 38.8 Å². The van der Waals surface area contributed by atoms with Crippen molar-refractivity contribution in [3.8, 4) is 0 Å². The highest BCUT2D eigenvalue weighted by molar-refractivity contribution is 5.30. The maximum absolute atomic E-state index is 13.7. The Balaban J connectivity index is 1.88. The first-order valence-electron chi connectivity index (χ1n) is 8.44. The van der Waals surface area contributed by atoms with Crippen LogP contribution in [0.4, 0.5) is 4.39 Å². The first-order chi connectivity index (χ1) is 9.95. The van der Waals surface area contributed by atoms with E-state index in [2.05, 4.69) is 19.2 Å². The summed E-state index contributed by atoms with van der Waals surface area (Å²) in [5, 5.41) is 3.69. The van der Waals surface area contributed by atoms with Crippen LogP contribution in [0, 0.1) is 31.5 Å². The van der Waals surface area contributed by atoms with Crippen molar-refractivity contribution in [2.24, 2.45) is 11.8 Å². The predicted octanol–water partition coefficient (Wildman–Crippen LogP) is 5.14. The minimum atomic E-state index is -0.0617. The third-order valence-electron chi connectivity index (χ3n) is 4.68. The summed E-state index contributed by atoms with van der Waals surface area (Å²) < 4.78 is 13.7. The molecule has 21 heavy (non-hydrogen) atoms. The van der Waals surface area contributed by atoms with Crippen LogP contribution in [0.3, 0.4) is 0 Å². The standard InChI is InChI=1S/C19H30FN/c1-13(2)8-16-6-5-7-18(11-16)21-12-17-9-14(3)19(20)15(4)10-17/h9-10,13,16,18,21H,5-8,11-12H2,1-4H3. The Labute approximate surface area is 129 Å². The summed E-state index contributed by atoms with van der Waals surface area (Å²) in [7, 11) is 0. The third-order valence-corrected chi connectivity index (χ3v) is 4.68. The molecule has 0 bridgehead atoms. The summed E-state index contributed by atoms with van der Waals surface area (Å²) in [5.41, 5.74) is 2.72. The van der Waals surface area contributed by atoms with E-state index >= 15 is 0 Å². The third kappa shape index (κ3) is 4.81. The Bertz CT molecular complexity index is 444. The van der Waals surface area contributed by atoms with Gasteiger partial charge in [0.15, 0.2) is 0 Å².